The molecule has 37 heavy (non-hydrogen) atoms. The molecular formula is C27H21N9O. The topological polar surface area (TPSA) is 138 Å². The Labute approximate surface area is 210 Å². The maximum Gasteiger partial charge on any atom is 0.227 e. The standard InChI is InChI=1S/C27H21N9O/c37-27(15-3-1-4-15)31-18-11-17(13-29-14-18)19-6-7-21-24(32-19)25(36-35-21)26-33-20-8-10-30-22(23(20)34-26)16-5-2-9-28-12-16/h2,5-15H,1,3-4H2,(H,31,37)(H,33,34)(H,35,36). The molecule has 0 unspecified atom stereocenters. The minimum absolute atomic E-state index is 0.0516. The average molecular weight is 488 g/mol. The molecule has 7 rings (SSSR count). The molecule has 0 saturated heterocycles. The molecule has 180 valence electrons. The lowest BCUT2D eigenvalue weighted by Crippen LogP contribution is -2.28. The van der Waals surface area contributed by atoms with Gasteiger partial charge in [0, 0.05) is 41.8 Å². The highest BCUT2D eigenvalue weighted by Gasteiger charge is 2.25. The van der Waals surface area contributed by atoms with E-state index in [0.717, 1.165) is 58.3 Å². The predicted molar refractivity (Wildman–Crippen MR) is 139 cm³/mol. The van der Waals surface area contributed by atoms with Gasteiger partial charge in [-0.3, -0.25) is 24.8 Å². The van der Waals surface area contributed by atoms with Crippen molar-refractivity contribution in [2.75, 3.05) is 5.32 Å². The van der Waals surface area contributed by atoms with Crippen LogP contribution in [0.2, 0.25) is 0 Å². The first-order valence-corrected chi connectivity index (χ1v) is 12.1. The summed E-state index contributed by atoms with van der Waals surface area (Å²) in [4.78, 5) is 38.5. The Kier molecular flexibility index (Phi) is 4.95. The molecule has 10 heteroatoms. The predicted octanol–water partition coefficient (Wildman–Crippen LogP) is 4.76. The number of aromatic amines is 2. The van der Waals surface area contributed by atoms with Crippen molar-refractivity contribution < 1.29 is 4.79 Å². The molecule has 0 atom stereocenters. The molecule has 0 aliphatic heterocycles. The zero-order valence-corrected chi connectivity index (χ0v) is 19.6. The van der Waals surface area contributed by atoms with Crippen LogP contribution in [-0.4, -0.2) is 46.0 Å². The molecule has 3 N–H and O–H groups in total. The smallest absolute Gasteiger partial charge is 0.227 e. The van der Waals surface area contributed by atoms with E-state index in [2.05, 4.69) is 35.5 Å². The van der Waals surface area contributed by atoms with E-state index in [1.54, 1.807) is 31.0 Å². The first-order chi connectivity index (χ1) is 18.2. The van der Waals surface area contributed by atoms with Crippen LogP contribution in [0.3, 0.4) is 0 Å². The molecule has 0 bridgehead atoms. The summed E-state index contributed by atoms with van der Waals surface area (Å²) in [5.41, 5.74) is 7.45. The van der Waals surface area contributed by atoms with E-state index in [9.17, 15) is 4.79 Å². The van der Waals surface area contributed by atoms with Gasteiger partial charge in [-0.2, -0.15) is 5.10 Å². The second-order valence-electron chi connectivity index (χ2n) is 9.13. The number of pyridine rings is 4. The van der Waals surface area contributed by atoms with E-state index < -0.39 is 0 Å². The number of amides is 1. The fourth-order valence-electron chi connectivity index (χ4n) is 4.55. The summed E-state index contributed by atoms with van der Waals surface area (Å²) in [6.07, 6.45) is 11.6. The largest absolute Gasteiger partial charge is 0.336 e. The number of carbonyl (C=O) groups excluding carboxylic acids is 1. The van der Waals surface area contributed by atoms with Gasteiger partial charge in [0.05, 0.1) is 34.3 Å². The van der Waals surface area contributed by atoms with Crippen molar-refractivity contribution >= 4 is 33.7 Å². The average Bonchev–Trinajstić information content (AvgIpc) is 3.52. The number of anilines is 1. The second kappa shape index (κ2) is 8.59. The number of fused-ring (bicyclic) bond motifs is 2. The van der Waals surface area contributed by atoms with Gasteiger partial charge >= 0.3 is 0 Å². The normalized spacial score (nSPS) is 13.6. The third-order valence-corrected chi connectivity index (χ3v) is 6.75. The van der Waals surface area contributed by atoms with Crippen LogP contribution in [-0.2, 0) is 4.79 Å². The summed E-state index contributed by atoms with van der Waals surface area (Å²) in [6, 6.07) is 11.4. The quantitative estimate of drug-likeness (QED) is 0.319. The van der Waals surface area contributed by atoms with E-state index in [1.165, 1.54) is 0 Å². The Hall–Kier alpha value is -4.99. The second-order valence-corrected chi connectivity index (χ2v) is 9.13. The lowest BCUT2D eigenvalue weighted by molar-refractivity contribution is -0.122. The van der Waals surface area contributed by atoms with Crippen molar-refractivity contribution in [3.8, 4) is 34.0 Å². The molecule has 1 saturated carbocycles. The SMILES string of the molecule is O=C(Nc1cncc(-c2ccc3[nH]nc(-c4nc5c(-c6cccnc6)nccc5[nH]4)c3n2)c1)C1CCC1. The lowest BCUT2D eigenvalue weighted by atomic mass is 9.85. The van der Waals surface area contributed by atoms with Gasteiger partial charge in [0.15, 0.2) is 11.5 Å². The van der Waals surface area contributed by atoms with Crippen molar-refractivity contribution in [3.05, 3.63) is 67.4 Å². The number of aromatic nitrogens is 8. The minimum atomic E-state index is 0.0516. The lowest BCUT2D eigenvalue weighted by Gasteiger charge is -2.24. The van der Waals surface area contributed by atoms with Gasteiger partial charge in [-0.15, -0.1) is 0 Å². The number of imidazole rings is 1. The van der Waals surface area contributed by atoms with E-state index in [1.807, 2.05) is 36.4 Å². The molecule has 0 radical (unpaired) electrons. The summed E-state index contributed by atoms with van der Waals surface area (Å²) in [7, 11) is 0. The number of hydrogen-bond donors (Lipinski definition) is 3. The number of H-pyrrole nitrogens is 2. The number of hydrogen-bond acceptors (Lipinski definition) is 7. The highest BCUT2D eigenvalue weighted by atomic mass is 16.1. The Morgan fingerprint density at radius 2 is 1.78 bits per heavy atom. The molecular weight excluding hydrogens is 466 g/mol. The zero-order valence-electron chi connectivity index (χ0n) is 19.6. The van der Waals surface area contributed by atoms with Crippen LogP contribution in [0.25, 0.3) is 56.1 Å². The van der Waals surface area contributed by atoms with Crippen LogP contribution < -0.4 is 5.32 Å². The van der Waals surface area contributed by atoms with Crippen molar-refractivity contribution in [1.82, 2.24) is 40.1 Å². The third kappa shape index (κ3) is 3.79. The van der Waals surface area contributed by atoms with Gasteiger partial charge in [-0.05, 0) is 49.2 Å². The van der Waals surface area contributed by atoms with E-state index >= 15 is 0 Å². The first kappa shape index (κ1) is 21.3. The number of nitrogens with one attached hydrogen (secondary N) is 3. The van der Waals surface area contributed by atoms with E-state index in [0.29, 0.717) is 22.7 Å². The minimum Gasteiger partial charge on any atom is -0.336 e. The fraction of sp³-hybridized carbons (Fsp3) is 0.148. The van der Waals surface area contributed by atoms with Crippen LogP contribution in [0.4, 0.5) is 5.69 Å². The summed E-state index contributed by atoms with van der Waals surface area (Å²) in [6.45, 7) is 0. The number of carbonyl (C=O) groups is 1. The molecule has 1 fully saturated rings. The number of rotatable bonds is 5. The summed E-state index contributed by atoms with van der Waals surface area (Å²) >= 11 is 0. The Morgan fingerprint density at radius 1 is 0.892 bits per heavy atom. The Balaban J connectivity index is 1.26. The van der Waals surface area contributed by atoms with Crippen LogP contribution in [0, 0.1) is 5.92 Å². The van der Waals surface area contributed by atoms with Crippen molar-refractivity contribution in [1.29, 1.82) is 0 Å². The number of nitrogens with zero attached hydrogens (tertiary/aromatic N) is 6. The molecule has 10 nitrogen and oxygen atoms in total. The maximum atomic E-state index is 12.4. The molecule has 6 heterocycles. The van der Waals surface area contributed by atoms with Crippen molar-refractivity contribution in [2.45, 2.75) is 19.3 Å². The van der Waals surface area contributed by atoms with Crippen molar-refractivity contribution in [3.63, 3.8) is 0 Å². The molecule has 1 aliphatic rings. The molecule has 1 amide bonds. The Morgan fingerprint density at radius 3 is 2.62 bits per heavy atom. The highest BCUT2D eigenvalue weighted by molar-refractivity contribution is 5.95. The highest BCUT2D eigenvalue weighted by Crippen LogP contribution is 2.31. The Bertz CT molecular complexity index is 1770. The fourth-order valence-corrected chi connectivity index (χ4v) is 4.55. The summed E-state index contributed by atoms with van der Waals surface area (Å²) in [5.74, 6) is 0.740. The van der Waals surface area contributed by atoms with Crippen LogP contribution >= 0.6 is 0 Å². The van der Waals surface area contributed by atoms with Crippen LogP contribution in [0.1, 0.15) is 19.3 Å². The molecule has 0 spiro atoms. The molecule has 6 aromatic rings. The zero-order chi connectivity index (χ0) is 24.8. The van der Waals surface area contributed by atoms with Gasteiger partial charge in [-0.25, -0.2) is 9.97 Å². The molecule has 6 aromatic heterocycles. The first-order valence-electron chi connectivity index (χ1n) is 12.1. The molecule has 1 aliphatic carbocycles. The van der Waals surface area contributed by atoms with Gasteiger partial charge < -0.3 is 10.3 Å². The van der Waals surface area contributed by atoms with Crippen LogP contribution in [0.15, 0.2) is 67.4 Å². The monoisotopic (exact) mass is 487 g/mol. The maximum absolute atomic E-state index is 12.4. The van der Waals surface area contributed by atoms with Crippen LogP contribution in [0.5, 0.6) is 0 Å². The van der Waals surface area contributed by atoms with Gasteiger partial charge in [-0.1, -0.05) is 6.42 Å². The third-order valence-electron chi connectivity index (χ3n) is 6.75. The van der Waals surface area contributed by atoms with Gasteiger partial charge in [0.2, 0.25) is 5.91 Å². The summed E-state index contributed by atoms with van der Waals surface area (Å²) in [5, 5.41) is 10.5. The summed E-state index contributed by atoms with van der Waals surface area (Å²) < 4.78 is 0. The van der Waals surface area contributed by atoms with E-state index in [-0.39, 0.29) is 11.8 Å². The van der Waals surface area contributed by atoms with Gasteiger partial charge in [0.1, 0.15) is 11.0 Å². The van der Waals surface area contributed by atoms with E-state index in [4.69, 9.17) is 9.97 Å². The van der Waals surface area contributed by atoms with Gasteiger partial charge in [0.25, 0.3) is 0 Å². The van der Waals surface area contributed by atoms with Crippen molar-refractivity contribution in [2.24, 2.45) is 5.92 Å². The molecule has 0 aromatic carbocycles.